The van der Waals surface area contributed by atoms with Crippen LogP contribution in [0.3, 0.4) is 0 Å². The van der Waals surface area contributed by atoms with Crippen LogP contribution < -0.4 is 0 Å². The third-order valence-corrected chi connectivity index (χ3v) is 6.17. The summed E-state index contributed by atoms with van der Waals surface area (Å²) in [6, 6.07) is 7.22. The van der Waals surface area contributed by atoms with Gasteiger partial charge in [0.1, 0.15) is 5.82 Å². The average Bonchev–Trinajstić information content (AvgIpc) is 2.61. The molecule has 0 unspecified atom stereocenters. The average molecular weight is 359 g/mol. The molecule has 0 radical (unpaired) electrons. The van der Waals surface area contributed by atoms with E-state index in [-0.39, 0.29) is 22.9 Å². The van der Waals surface area contributed by atoms with E-state index < -0.39 is 17.5 Å². The molecule has 0 N–H and O–H groups in total. The number of likely N-dealkylation sites (tertiary alicyclic amines) is 1. The molecule has 1 saturated heterocycles. The minimum absolute atomic E-state index is 0.0616. The van der Waals surface area contributed by atoms with Crippen molar-refractivity contribution in [1.29, 1.82) is 0 Å². The molecule has 5 heteroatoms. The molecule has 2 atom stereocenters. The van der Waals surface area contributed by atoms with Gasteiger partial charge in [-0.25, -0.2) is 13.2 Å². The summed E-state index contributed by atoms with van der Waals surface area (Å²) < 4.78 is 41.3. The molecule has 0 saturated carbocycles. The van der Waals surface area contributed by atoms with Gasteiger partial charge in [-0.2, -0.15) is 0 Å². The molecule has 0 spiro atoms. The van der Waals surface area contributed by atoms with Crippen LogP contribution in [0.1, 0.15) is 37.3 Å². The quantitative estimate of drug-likeness (QED) is 0.682. The highest BCUT2D eigenvalue weighted by Gasteiger charge is 2.46. The summed E-state index contributed by atoms with van der Waals surface area (Å²) in [7, 11) is 1.86. The van der Waals surface area contributed by atoms with Crippen molar-refractivity contribution in [3.05, 3.63) is 58.9 Å². The molecule has 1 aliphatic carbocycles. The number of halogens is 3. The van der Waals surface area contributed by atoms with Crippen molar-refractivity contribution in [1.82, 2.24) is 4.90 Å². The Kier molecular flexibility index (Phi) is 3.86. The third kappa shape index (κ3) is 2.44. The van der Waals surface area contributed by atoms with Gasteiger partial charge >= 0.3 is 0 Å². The summed E-state index contributed by atoms with van der Waals surface area (Å²) >= 11 is 0. The molecule has 1 heterocycles. The van der Waals surface area contributed by atoms with Crippen molar-refractivity contribution in [3.8, 4) is 11.1 Å². The second-order valence-corrected chi connectivity index (χ2v) is 7.60. The van der Waals surface area contributed by atoms with Crippen LogP contribution in [0.15, 0.2) is 30.3 Å². The predicted octanol–water partition coefficient (Wildman–Crippen LogP) is 4.60. The minimum atomic E-state index is -1.18. The number of likely N-dealkylation sites (N-methyl/N-ethyl adjacent to an activating group) is 1. The van der Waals surface area contributed by atoms with E-state index in [1.54, 1.807) is 6.07 Å². The standard InChI is InChI=1S/C21H20F3NO/c1-21-8-7-19(26)25(2)18(21)6-4-13-9-12(3-5-16(13)21)15-10-14(22)11-17(23)20(15)24/h3,5,9-11,18H,4,6-8H2,1-2H3/t18-,21-/m1/s1. The Hall–Kier alpha value is -2.30. The van der Waals surface area contributed by atoms with Crippen LogP contribution in [-0.2, 0) is 16.6 Å². The first-order chi connectivity index (χ1) is 12.3. The molecule has 2 nitrogen and oxygen atoms in total. The molecule has 0 bridgehead atoms. The van der Waals surface area contributed by atoms with Crippen LogP contribution in [-0.4, -0.2) is 23.9 Å². The van der Waals surface area contributed by atoms with Gasteiger partial charge in [0, 0.05) is 36.6 Å². The Balaban J connectivity index is 1.80. The summed E-state index contributed by atoms with van der Waals surface area (Å²) in [5.41, 5.74) is 2.47. The summed E-state index contributed by atoms with van der Waals surface area (Å²) in [6.45, 7) is 2.17. The van der Waals surface area contributed by atoms with Crippen molar-refractivity contribution in [2.24, 2.45) is 0 Å². The number of benzene rings is 2. The van der Waals surface area contributed by atoms with Crippen molar-refractivity contribution in [3.63, 3.8) is 0 Å². The van der Waals surface area contributed by atoms with Gasteiger partial charge in [-0.3, -0.25) is 4.79 Å². The largest absolute Gasteiger partial charge is 0.342 e. The maximum Gasteiger partial charge on any atom is 0.222 e. The molecule has 1 fully saturated rings. The van der Waals surface area contributed by atoms with Crippen LogP contribution in [0.2, 0.25) is 0 Å². The summed E-state index contributed by atoms with van der Waals surface area (Å²) in [6.07, 6.45) is 2.86. The zero-order chi connectivity index (χ0) is 18.6. The highest BCUT2D eigenvalue weighted by Crippen LogP contribution is 2.46. The molecular formula is C21H20F3NO. The lowest BCUT2D eigenvalue weighted by Gasteiger charge is -2.50. The molecule has 0 aromatic heterocycles. The number of carbonyl (C=O) groups is 1. The van der Waals surface area contributed by atoms with Gasteiger partial charge in [0.25, 0.3) is 0 Å². The topological polar surface area (TPSA) is 20.3 Å². The van der Waals surface area contributed by atoms with E-state index in [0.717, 1.165) is 36.5 Å². The monoisotopic (exact) mass is 359 g/mol. The van der Waals surface area contributed by atoms with E-state index in [2.05, 4.69) is 6.92 Å². The molecular weight excluding hydrogens is 339 g/mol. The molecule has 2 aliphatic rings. The molecule has 1 aliphatic heterocycles. The lowest BCUT2D eigenvalue weighted by atomic mass is 9.63. The highest BCUT2D eigenvalue weighted by atomic mass is 19.2. The fourth-order valence-electron chi connectivity index (χ4n) is 4.72. The number of carbonyl (C=O) groups excluding carboxylic acids is 1. The molecule has 2 aromatic carbocycles. The van der Waals surface area contributed by atoms with Gasteiger partial charge in [0.05, 0.1) is 0 Å². The van der Waals surface area contributed by atoms with Crippen molar-refractivity contribution >= 4 is 5.91 Å². The van der Waals surface area contributed by atoms with E-state index in [1.807, 2.05) is 24.1 Å². The van der Waals surface area contributed by atoms with Crippen molar-refractivity contribution < 1.29 is 18.0 Å². The number of rotatable bonds is 1. The summed E-state index contributed by atoms with van der Waals surface area (Å²) in [4.78, 5) is 13.9. The van der Waals surface area contributed by atoms with Crippen LogP contribution in [0.5, 0.6) is 0 Å². The van der Waals surface area contributed by atoms with Crippen LogP contribution in [0.25, 0.3) is 11.1 Å². The van der Waals surface area contributed by atoms with Gasteiger partial charge in [-0.1, -0.05) is 25.1 Å². The summed E-state index contributed by atoms with van der Waals surface area (Å²) in [5, 5.41) is 0. The second-order valence-electron chi connectivity index (χ2n) is 7.60. The van der Waals surface area contributed by atoms with E-state index in [4.69, 9.17) is 0 Å². The van der Waals surface area contributed by atoms with Gasteiger partial charge in [-0.15, -0.1) is 0 Å². The van der Waals surface area contributed by atoms with Gasteiger partial charge in [0.15, 0.2) is 11.6 Å². The number of hydrogen-bond acceptors (Lipinski definition) is 1. The predicted molar refractivity (Wildman–Crippen MR) is 93.2 cm³/mol. The van der Waals surface area contributed by atoms with E-state index >= 15 is 0 Å². The number of fused-ring (bicyclic) bond motifs is 3. The van der Waals surface area contributed by atoms with E-state index in [1.165, 1.54) is 0 Å². The maximum absolute atomic E-state index is 14.2. The SMILES string of the molecule is CN1C(=O)CC[C@]2(C)c3ccc(-c4cc(F)cc(F)c4F)cc3CC[C@@H]12. The lowest BCUT2D eigenvalue weighted by molar-refractivity contribution is -0.138. The van der Waals surface area contributed by atoms with Crippen molar-refractivity contribution in [2.75, 3.05) is 7.05 Å². The minimum Gasteiger partial charge on any atom is -0.342 e. The lowest BCUT2D eigenvalue weighted by Crippen LogP contribution is -2.56. The smallest absolute Gasteiger partial charge is 0.222 e. The Morgan fingerprint density at radius 2 is 1.88 bits per heavy atom. The van der Waals surface area contributed by atoms with Gasteiger partial charge in [-0.05, 0) is 42.0 Å². The third-order valence-electron chi connectivity index (χ3n) is 6.17. The Bertz CT molecular complexity index is 910. The number of nitrogens with zero attached hydrogens (tertiary/aromatic N) is 1. The first-order valence-corrected chi connectivity index (χ1v) is 8.85. The zero-order valence-electron chi connectivity index (χ0n) is 14.8. The fourth-order valence-corrected chi connectivity index (χ4v) is 4.72. The van der Waals surface area contributed by atoms with Crippen LogP contribution in [0.4, 0.5) is 13.2 Å². The number of amides is 1. The fraction of sp³-hybridized carbons (Fsp3) is 0.381. The maximum atomic E-state index is 14.2. The Morgan fingerprint density at radius 1 is 1.12 bits per heavy atom. The molecule has 26 heavy (non-hydrogen) atoms. The van der Waals surface area contributed by atoms with Crippen molar-refractivity contribution in [2.45, 2.75) is 44.1 Å². The van der Waals surface area contributed by atoms with E-state index in [9.17, 15) is 18.0 Å². The van der Waals surface area contributed by atoms with Gasteiger partial charge < -0.3 is 4.90 Å². The molecule has 2 aromatic rings. The second kappa shape index (κ2) is 5.86. The zero-order valence-corrected chi connectivity index (χ0v) is 14.8. The summed E-state index contributed by atoms with van der Waals surface area (Å²) in [5.74, 6) is -2.84. The highest BCUT2D eigenvalue weighted by molar-refractivity contribution is 5.78. The molecule has 1 amide bonds. The normalized spacial score (nSPS) is 25.0. The van der Waals surface area contributed by atoms with Gasteiger partial charge in [0.2, 0.25) is 5.91 Å². The number of piperidine rings is 1. The molecule has 4 rings (SSSR count). The van der Waals surface area contributed by atoms with E-state index in [0.29, 0.717) is 18.1 Å². The van der Waals surface area contributed by atoms with Crippen LogP contribution >= 0.6 is 0 Å². The number of aryl methyl sites for hydroxylation is 1. The Morgan fingerprint density at radius 3 is 2.65 bits per heavy atom. The Labute approximate surface area is 150 Å². The first kappa shape index (κ1) is 17.1. The number of hydrogen-bond donors (Lipinski definition) is 0. The first-order valence-electron chi connectivity index (χ1n) is 8.85. The molecule has 136 valence electrons. The van der Waals surface area contributed by atoms with Crippen LogP contribution in [0, 0.1) is 17.5 Å².